The number of esters is 1. The minimum Gasteiger partial charge on any atom is -0.466 e. The SMILES string of the molecule is CCOC(=O)C1CCN(C(=O)C2CC(=O)N(c3ccccc3CC)C2)CC1. The summed E-state index contributed by atoms with van der Waals surface area (Å²) >= 11 is 0. The maximum atomic E-state index is 12.9. The van der Waals surface area contributed by atoms with E-state index in [2.05, 4.69) is 6.92 Å². The van der Waals surface area contributed by atoms with Crippen molar-refractivity contribution in [2.45, 2.75) is 39.5 Å². The lowest BCUT2D eigenvalue weighted by Gasteiger charge is -2.32. The first-order valence-corrected chi connectivity index (χ1v) is 9.88. The maximum Gasteiger partial charge on any atom is 0.309 e. The summed E-state index contributed by atoms with van der Waals surface area (Å²) in [4.78, 5) is 40.9. The molecule has 2 saturated heterocycles. The number of para-hydroxylation sites is 1. The summed E-state index contributed by atoms with van der Waals surface area (Å²) in [6.07, 6.45) is 2.37. The molecule has 0 saturated carbocycles. The van der Waals surface area contributed by atoms with Gasteiger partial charge < -0.3 is 14.5 Å². The first kappa shape index (κ1) is 19.4. The Bertz CT molecular complexity index is 710. The van der Waals surface area contributed by atoms with Crippen LogP contribution in [-0.2, 0) is 25.5 Å². The lowest BCUT2D eigenvalue weighted by molar-refractivity contribution is -0.151. The van der Waals surface area contributed by atoms with Gasteiger partial charge in [-0.15, -0.1) is 0 Å². The van der Waals surface area contributed by atoms with Crippen LogP contribution in [0.5, 0.6) is 0 Å². The minimum absolute atomic E-state index is 0.00987. The van der Waals surface area contributed by atoms with E-state index in [9.17, 15) is 14.4 Å². The average Bonchev–Trinajstić information content (AvgIpc) is 3.09. The molecule has 0 radical (unpaired) electrons. The fourth-order valence-corrected chi connectivity index (χ4v) is 4.03. The van der Waals surface area contributed by atoms with Gasteiger partial charge >= 0.3 is 5.97 Å². The molecule has 27 heavy (non-hydrogen) atoms. The number of rotatable bonds is 5. The highest BCUT2D eigenvalue weighted by molar-refractivity contribution is 6.00. The number of piperidine rings is 1. The molecule has 1 unspecified atom stereocenters. The number of aryl methyl sites for hydroxylation is 1. The van der Waals surface area contributed by atoms with E-state index in [1.165, 1.54) is 0 Å². The van der Waals surface area contributed by atoms with E-state index in [1.807, 2.05) is 29.2 Å². The van der Waals surface area contributed by atoms with Gasteiger partial charge in [-0.3, -0.25) is 14.4 Å². The molecule has 0 spiro atoms. The second-order valence-electron chi connectivity index (χ2n) is 7.24. The number of carbonyl (C=O) groups is 3. The molecule has 2 heterocycles. The van der Waals surface area contributed by atoms with Gasteiger partial charge in [0, 0.05) is 31.7 Å². The van der Waals surface area contributed by atoms with Gasteiger partial charge in [0.15, 0.2) is 0 Å². The highest BCUT2D eigenvalue weighted by Gasteiger charge is 2.39. The van der Waals surface area contributed by atoms with Crippen molar-refractivity contribution in [1.29, 1.82) is 0 Å². The van der Waals surface area contributed by atoms with Crippen LogP contribution >= 0.6 is 0 Å². The quantitative estimate of drug-likeness (QED) is 0.745. The highest BCUT2D eigenvalue weighted by Crippen LogP contribution is 2.30. The first-order valence-electron chi connectivity index (χ1n) is 9.88. The van der Waals surface area contributed by atoms with Crippen LogP contribution in [-0.4, -0.2) is 48.9 Å². The van der Waals surface area contributed by atoms with Crippen LogP contribution in [0.2, 0.25) is 0 Å². The van der Waals surface area contributed by atoms with Crippen molar-refractivity contribution in [3.8, 4) is 0 Å². The second-order valence-corrected chi connectivity index (χ2v) is 7.24. The Hall–Kier alpha value is -2.37. The Kier molecular flexibility index (Phi) is 6.14. The summed E-state index contributed by atoms with van der Waals surface area (Å²) < 4.78 is 5.08. The highest BCUT2D eigenvalue weighted by atomic mass is 16.5. The Morgan fingerprint density at radius 3 is 2.48 bits per heavy atom. The fourth-order valence-electron chi connectivity index (χ4n) is 4.03. The van der Waals surface area contributed by atoms with Crippen molar-refractivity contribution < 1.29 is 19.1 Å². The third-order valence-corrected chi connectivity index (χ3v) is 5.56. The van der Waals surface area contributed by atoms with Crippen LogP contribution in [0.25, 0.3) is 0 Å². The number of hydrogen-bond donors (Lipinski definition) is 0. The van der Waals surface area contributed by atoms with Crippen LogP contribution in [0.4, 0.5) is 5.69 Å². The fraction of sp³-hybridized carbons (Fsp3) is 0.571. The number of hydrogen-bond acceptors (Lipinski definition) is 4. The monoisotopic (exact) mass is 372 g/mol. The van der Waals surface area contributed by atoms with E-state index in [0.29, 0.717) is 39.1 Å². The van der Waals surface area contributed by atoms with Gasteiger partial charge in [0.25, 0.3) is 0 Å². The van der Waals surface area contributed by atoms with Crippen molar-refractivity contribution in [3.63, 3.8) is 0 Å². The molecule has 2 aliphatic heterocycles. The molecule has 1 aromatic rings. The van der Waals surface area contributed by atoms with Crippen LogP contribution in [0.3, 0.4) is 0 Å². The van der Waals surface area contributed by atoms with E-state index in [-0.39, 0.29) is 36.0 Å². The number of nitrogens with zero attached hydrogens (tertiary/aromatic N) is 2. The Morgan fingerprint density at radius 2 is 1.81 bits per heavy atom. The summed E-state index contributed by atoms with van der Waals surface area (Å²) in [5.41, 5.74) is 2.04. The van der Waals surface area contributed by atoms with Gasteiger partial charge in [0.1, 0.15) is 0 Å². The number of likely N-dealkylation sites (tertiary alicyclic amines) is 1. The van der Waals surface area contributed by atoms with Gasteiger partial charge in [-0.25, -0.2) is 0 Å². The molecule has 1 atom stereocenters. The zero-order valence-corrected chi connectivity index (χ0v) is 16.1. The largest absolute Gasteiger partial charge is 0.466 e. The molecular formula is C21H28N2O4. The molecular weight excluding hydrogens is 344 g/mol. The smallest absolute Gasteiger partial charge is 0.309 e. The maximum absolute atomic E-state index is 12.9. The molecule has 0 bridgehead atoms. The van der Waals surface area contributed by atoms with Gasteiger partial charge in [-0.2, -0.15) is 0 Å². The van der Waals surface area contributed by atoms with Crippen LogP contribution in [0.1, 0.15) is 38.7 Å². The average molecular weight is 372 g/mol. The van der Waals surface area contributed by atoms with Crippen LogP contribution in [0.15, 0.2) is 24.3 Å². The molecule has 0 aliphatic carbocycles. The van der Waals surface area contributed by atoms with Crippen molar-refractivity contribution >= 4 is 23.5 Å². The molecule has 0 aromatic heterocycles. The summed E-state index contributed by atoms with van der Waals surface area (Å²) in [7, 11) is 0. The topological polar surface area (TPSA) is 66.9 Å². The normalized spacial score (nSPS) is 20.8. The molecule has 0 N–H and O–H groups in total. The zero-order chi connectivity index (χ0) is 19.4. The summed E-state index contributed by atoms with van der Waals surface area (Å²) in [5.74, 6) is -0.547. The van der Waals surface area contributed by atoms with Crippen LogP contribution < -0.4 is 4.90 Å². The molecule has 146 valence electrons. The Labute approximate surface area is 160 Å². The van der Waals surface area contributed by atoms with E-state index in [4.69, 9.17) is 4.74 Å². The number of amides is 2. The summed E-state index contributed by atoms with van der Waals surface area (Å²) in [6.45, 7) is 5.80. The Morgan fingerprint density at radius 1 is 1.11 bits per heavy atom. The molecule has 2 aliphatic rings. The molecule has 2 amide bonds. The number of benzene rings is 1. The van der Waals surface area contributed by atoms with Gasteiger partial charge in [-0.1, -0.05) is 25.1 Å². The zero-order valence-electron chi connectivity index (χ0n) is 16.1. The second kappa shape index (κ2) is 8.55. The molecule has 3 rings (SSSR count). The van der Waals surface area contributed by atoms with E-state index in [0.717, 1.165) is 17.7 Å². The lowest BCUT2D eigenvalue weighted by Crippen LogP contribution is -2.44. The predicted octanol–water partition coefficient (Wildman–Crippen LogP) is 2.40. The van der Waals surface area contributed by atoms with Gasteiger partial charge in [-0.05, 0) is 37.8 Å². The number of carbonyl (C=O) groups excluding carboxylic acids is 3. The summed E-state index contributed by atoms with van der Waals surface area (Å²) in [5, 5.41) is 0. The predicted molar refractivity (Wildman–Crippen MR) is 102 cm³/mol. The standard InChI is InChI=1S/C21H28N2O4/c1-3-15-7-5-6-8-18(15)23-14-17(13-19(23)24)20(25)22-11-9-16(10-12-22)21(26)27-4-2/h5-8,16-17H,3-4,9-14H2,1-2H3. The number of anilines is 1. The number of ether oxygens (including phenoxy) is 1. The van der Waals surface area contributed by atoms with Crippen molar-refractivity contribution in [3.05, 3.63) is 29.8 Å². The first-order chi connectivity index (χ1) is 13.0. The van der Waals surface area contributed by atoms with Crippen molar-refractivity contribution in [2.24, 2.45) is 11.8 Å². The molecule has 1 aromatic carbocycles. The lowest BCUT2D eigenvalue weighted by atomic mass is 9.95. The van der Waals surface area contributed by atoms with Crippen molar-refractivity contribution in [2.75, 3.05) is 31.1 Å². The molecule has 2 fully saturated rings. The molecule has 6 nitrogen and oxygen atoms in total. The van der Waals surface area contributed by atoms with E-state index in [1.54, 1.807) is 11.8 Å². The Balaban J connectivity index is 1.61. The van der Waals surface area contributed by atoms with Crippen molar-refractivity contribution in [1.82, 2.24) is 4.90 Å². The third-order valence-electron chi connectivity index (χ3n) is 5.56. The minimum atomic E-state index is -0.304. The van der Waals surface area contributed by atoms with Gasteiger partial charge in [0.2, 0.25) is 11.8 Å². The van der Waals surface area contributed by atoms with Crippen LogP contribution in [0, 0.1) is 11.8 Å². The molecule has 6 heteroatoms. The van der Waals surface area contributed by atoms with Gasteiger partial charge in [0.05, 0.1) is 18.4 Å². The van der Waals surface area contributed by atoms with E-state index >= 15 is 0 Å². The summed E-state index contributed by atoms with van der Waals surface area (Å²) in [6, 6.07) is 7.88. The van der Waals surface area contributed by atoms with E-state index < -0.39 is 0 Å². The third kappa shape index (κ3) is 4.15.